The van der Waals surface area contributed by atoms with Crippen LogP contribution in [0.4, 0.5) is 0 Å². The monoisotopic (exact) mass is 513 g/mol. The highest BCUT2D eigenvalue weighted by Crippen LogP contribution is 2.42. The standard InChI is InChI=1S/C37H23NO2/c1-22-14-16-24(23-15-19-35-30(21-23)27-10-4-6-12-33(27)39-35)32(20-22)38-31-11-5-2-8-25(31)28-17-18-29-26-9-3-7-13-34(26)40-37(29)36(28)38/h2-21H,1H3. The Labute approximate surface area is 229 Å². The van der Waals surface area contributed by atoms with E-state index >= 15 is 0 Å². The highest BCUT2D eigenvalue weighted by Gasteiger charge is 2.21. The Morgan fingerprint density at radius 3 is 2.02 bits per heavy atom. The van der Waals surface area contributed by atoms with E-state index in [1.54, 1.807) is 0 Å². The Balaban J connectivity index is 1.42. The van der Waals surface area contributed by atoms with Crippen LogP contribution < -0.4 is 0 Å². The van der Waals surface area contributed by atoms with Crippen molar-refractivity contribution in [2.24, 2.45) is 0 Å². The second-order valence-electron chi connectivity index (χ2n) is 10.6. The van der Waals surface area contributed by atoms with Crippen LogP contribution in [0.25, 0.3) is 82.5 Å². The lowest BCUT2D eigenvalue weighted by molar-refractivity contribution is 0.669. The van der Waals surface area contributed by atoms with E-state index in [4.69, 9.17) is 8.83 Å². The molecule has 0 bridgehead atoms. The lowest BCUT2D eigenvalue weighted by Crippen LogP contribution is -1.98. The fraction of sp³-hybridized carbons (Fsp3) is 0.0270. The first-order valence-electron chi connectivity index (χ1n) is 13.6. The molecule has 6 aromatic carbocycles. The summed E-state index contributed by atoms with van der Waals surface area (Å²) >= 11 is 0. The molecule has 0 amide bonds. The zero-order valence-corrected chi connectivity index (χ0v) is 21.8. The number of benzene rings is 6. The molecule has 9 rings (SSSR count). The number of hydrogen-bond donors (Lipinski definition) is 0. The van der Waals surface area contributed by atoms with E-state index in [1.807, 2.05) is 18.2 Å². The van der Waals surface area contributed by atoms with E-state index in [-0.39, 0.29) is 0 Å². The smallest absolute Gasteiger partial charge is 0.160 e. The first kappa shape index (κ1) is 21.6. The van der Waals surface area contributed by atoms with E-state index in [1.165, 1.54) is 16.3 Å². The average Bonchev–Trinajstić information content (AvgIpc) is 3.66. The molecule has 0 aliphatic rings. The van der Waals surface area contributed by atoms with Crippen molar-refractivity contribution in [2.45, 2.75) is 6.92 Å². The van der Waals surface area contributed by atoms with Gasteiger partial charge in [-0.2, -0.15) is 0 Å². The lowest BCUT2D eigenvalue weighted by Gasteiger charge is -2.15. The number of aromatic nitrogens is 1. The minimum atomic E-state index is 0.902. The number of aryl methyl sites for hydroxylation is 1. The average molecular weight is 514 g/mol. The van der Waals surface area contributed by atoms with Crippen LogP contribution in [0.2, 0.25) is 0 Å². The molecule has 0 fully saturated rings. The molecule has 40 heavy (non-hydrogen) atoms. The lowest BCUT2D eigenvalue weighted by atomic mass is 9.99. The molecule has 0 saturated carbocycles. The summed E-state index contributed by atoms with van der Waals surface area (Å²) < 4.78 is 15.1. The Bertz CT molecular complexity index is 2450. The van der Waals surface area contributed by atoms with Gasteiger partial charge in [0.05, 0.1) is 16.7 Å². The van der Waals surface area contributed by atoms with Gasteiger partial charge in [0.2, 0.25) is 0 Å². The zero-order chi connectivity index (χ0) is 26.4. The zero-order valence-electron chi connectivity index (χ0n) is 21.8. The topological polar surface area (TPSA) is 31.2 Å². The molecular formula is C37H23NO2. The largest absolute Gasteiger partial charge is 0.456 e. The second kappa shape index (κ2) is 7.87. The maximum atomic E-state index is 6.60. The van der Waals surface area contributed by atoms with Crippen molar-refractivity contribution >= 4 is 65.7 Å². The van der Waals surface area contributed by atoms with Crippen LogP contribution in [-0.2, 0) is 0 Å². The maximum Gasteiger partial charge on any atom is 0.160 e. The molecule has 0 aliphatic heterocycles. The van der Waals surface area contributed by atoms with E-state index in [9.17, 15) is 0 Å². The Kier molecular flexibility index (Phi) is 4.26. The molecule has 3 nitrogen and oxygen atoms in total. The molecule has 9 aromatic rings. The Hall–Kier alpha value is -5.28. The van der Waals surface area contributed by atoms with Gasteiger partial charge in [0.1, 0.15) is 16.7 Å². The van der Waals surface area contributed by atoms with Crippen molar-refractivity contribution in [3.05, 3.63) is 127 Å². The normalized spacial score (nSPS) is 12.1. The third kappa shape index (κ3) is 2.89. The van der Waals surface area contributed by atoms with Gasteiger partial charge in [-0.05, 0) is 60.5 Å². The minimum Gasteiger partial charge on any atom is -0.456 e. The molecule has 3 heterocycles. The van der Waals surface area contributed by atoms with Gasteiger partial charge in [-0.1, -0.05) is 78.9 Å². The molecule has 0 atom stereocenters. The predicted octanol–water partition coefficient (Wildman–Crippen LogP) is 10.6. The van der Waals surface area contributed by atoms with Crippen LogP contribution in [0, 0.1) is 6.92 Å². The highest BCUT2D eigenvalue weighted by molar-refractivity contribution is 6.21. The summed E-state index contributed by atoms with van der Waals surface area (Å²) in [4.78, 5) is 0. The van der Waals surface area contributed by atoms with Crippen LogP contribution in [0.5, 0.6) is 0 Å². The SMILES string of the molecule is Cc1ccc(-c2ccc3oc4ccccc4c3c2)c(-n2c3ccccc3c3ccc4c5ccccc5oc4c32)c1. The molecule has 0 N–H and O–H groups in total. The highest BCUT2D eigenvalue weighted by atomic mass is 16.3. The summed E-state index contributed by atoms with van der Waals surface area (Å²) in [6.45, 7) is 2.16. The van der Waals surface area contributed by atoms with E-state index < -0.39 is 0 Å². The van der Waals surface area contributed by atoms with Gasteiger partial charge in [-0.25, -0.2) is 0 Å². The van der Waals surface area contributed by atoms with Crippen LogP contribution in [0.1, 0.15) is 5.56 Å². The van der Waals surface area contributed by atoms with Crippen LogP contribution in [0.15, 0.2) is 130 Å². The summed E-state index contributed by atoms with van der Waals surface area (Å²) in [5.74, 6) is 0. The third-order valence-electron chi connectivity index (χ3n) is 8.26. The van der Waals surface area contributed by atoms with Crippen molar-refractivity contribution in [1.82, 2.24) is 4.57 Å². The quantitative estimate of drug-likeness (QED) is 0.230. The molecule has 0 aliphatic carbocycles. The summed E-state index contributed by atoms with van der Waals surface area (Å²) in [6, 6.07) is 42.9. The molecule has 0 spiro atoms. The molecular weight excluding hydrogens is 490 g/mol. The number of fused-ring (bicyclic) bond motifs is 10. The molecule has 3 heteroatoms. The van der Waals surface area contributed by atoms with Gasteiger partial charge in [0, 0.05) is 37.9 Å². The fourth-order valence-electron chi connectivity index (χ4n) is 6.45. The van der Waals surface area contributed by atoms with Crippen molar-refractivity contribution < 1.29 is 8.83 Å². The first-order valence-corrected chi connectivity index (χ1v) is 13.6. The number of rotatable bonds is 2. The van der Waals surface area contributed by atoms with Gasteiger partial charge in [0.15, 0.2) is 5.58 Å². The molecule has 0 radical (unpaired) electrons. The van der Waals surface area contributed by atoms with Gasteiger partial charge >= 0.3 is 0 Å². The summed E-state index contributed by atoms with van der Waals surface area (Å²) in [6.07, 6.45) is 0. The summed E-state index contributed by atoms with van der Waals surface area (Å²) in [5, 5.41) is 6.93. The van der Waals surface area contributed by atoms with Crippen LogP contribution in [-0.4, -0.2) is 4.57 Å². The Morgan fingerprint density at radius 1 is 0.500 bits per heavy atom. The van der Waals surface area contributed by atoms with Gasteiger partial charge in [-0.15, -0.1) is 0 Å². The van der Waals surface area contributed by atoms with Crippen molar-refractivity contribution in [1.29, 1.82) is 0 Å². The van der Waals surface area contributed by atoms with Gasteiger partial charge in [0.25, 0.3) is 0 Å². The van der Waals surface area contributed by atoms with E-state index in [0.717, 1.165) is 71.7 Å². The summed E-state index contributed by atoms with van der Waals surface area (Å²) in [5.41, 5.74) is 10.5. The number of hydrogen-bond acceptors (Lipinski definition) is 2. The predicted molar refractivity (Wildman–Crippen MR) is 166 cm³/mol. The van der Waals surface area contributed by atoms with Crippen LogP contribution >= 0.6 is 0 Å². The number of nitrogens with zero attached hydrogens (tertiary/aromatic N) is 1. The molecule has 3 aromatic heterocycles. The maximum absolute atomic E-state index is 6.60. The van der Waals surface area contributed by atoms with E-state index in [0.29, 0.717) is 0 Å². The van der Waals surface area contributed by atoms with Crippen molar-refractivity contribution in [3.63, 3.8) is 0 Å². The van der Waals surface area contributed by atoms with Gasteiger partial charge in [-0.3, -0.25) is 0 Å². The number of furan rings is 2. The van der Waals surface area contributed by atoms with Crippen molar-refractivity contribution in [2.75, 3.05) is 0 Å². The third-order valence-corrected chi connectivity index (χ3v) is 8.26. The molecule has 188 valence electrons. The van der Waals surface area contributed by atoms with Gasteiger partial charge < -0.3 is 13.4 Å². The first-order chi connectivity index (χ1) is 19.7. The number of para-hydroxylation sites is 3. The van der Waals surface area contributed by atoms with E-state index in [2.05, 4.69) is 115 Å². The molecule has 0 unspecified atom stereocenters. The summed E-state index contributed by atoms with van der Waals surface area (Å²) in [7, 11) is 0. The second-order valence-corrected chi connectivity index (χ2v) is 10.6. The minimum absolute atomic E-state index is 0.902. The fourth-order valence-corrected chi connectivity index (χ4v) is 6.45. The Morgan fingerprint density at radius 2 is 1.18 bits per heavy atom. The van der Waals surface area contributed by atoms with Crippen molar-refractivity contribution in [3.8, 4) is 16.8 Å². The molecule has 0 saturated heterocycles. The van der Waals surface area contributed by atoms with Crippen LogP contribution in [0.3, 0.4) is 0 Å².